The summed E-state index contributed by atoms with van der Waals surface area (Å²) in [5.41, 5.74) is 5.97. The van der Waals surface area contributed by atoms with Gasteiger partial charge in [0.15, 0.2) is 0 Å². The molecule has 0 rings (SSSR count). The fourth-order valence-electron chi connectivity index (χ4n) is 0.955. The van der Waals surface area contributed by atoms with Gasteiger partial charge in [0.2, 0.25) is 0 Å². The number of thioether (sulfide) groups is 1. The molecule has 0 aliphatic heterocycles. The van der Waals surface area contributed by atoms with Crippen LogP contribution in [0.25, 0.3) is 0 Å². The molecule has 0 radical (unpaired) electrons. The summed E-state index contributed by atoms with van der Waals surface area (Å²) in [7, 11) is 2.18. The number of nitrogens with two attached hydrogens (primary N) is 1. The molecule has 0 aromatic heterocycles. The molecule has 0 amide bonds. The van der Waals surface area contributed by atoms with E-state index in [1.165, 1.54) is 18.7 Å². The highest BCUT2D eigenvalue weighted by molar-refractivity contribution is 7.98. The van der Waals surface area contributed by atoms with E-state index in [-0.39, 0.29) is 0 Å². The first-order valence-electron chi connectivity index (χ1n) is 4.89. The fourth-order valence-corrected chi connectivity index (χ4v) is 1.45. The van der Waals surface area contributed by atoms with Gasteiger partial charge in [-0.15, -0.1) is 0 Å². The van der Waals surface area contributed by atoms with Crippen LogP contribution in [-0.2, 0) is 0 Å². The Morgan fingerprint density at radius 2 is 1.92 bits per heavy atom. The maximum Gasteiger partial charge on any atom is 0.00692 e. The van der Waals surface area contributed by atoms with Crippen molar-refractivity contribution >= 4 is 11.8 Å². The van der Waals surface area contributed by atoms with Crippen molar-refractivity contribution in [2.45, 2.75) is 20.3 Å². The van der Waals surface area contributed by atoms with E-state index in [2.05, 4.69) is 32.1 Å². The second-order valence-electron chi connectivity index (χ2n) is 4.41. The molecular weight excluding hydrogens is 180 g/mol. The number of rotatable bonds is 7. The Hall–Kier alpha value is 0.270. The molecule has 0 aliphatic rings. The zero-order valence-corrected chi connectivity index (χ0v) is 10.3. The zero-order chi connectivity index (χ0) is 10.3. The Labute approximate surface area is 87.2 Å². The molecule has 0 atom stereocenters. The highest BCUT2D eigenvalue weighted by atomic mass is 32.2. The van der Waals surface area contributed by atoms with E-state index in [0.29, 0.717) is 5.41 Å². The maximum absolute atomic E-state index is 5.67. The third-order valence-electron chi connectivity index (χ3n) is 2.40. The van der Waals surface area contributed by atoms with Crippen LogP contribution in [0.4, 0.5) is 0 Å². The summed E-state index contributed by atoms with van der Waals surface area (Å²) in [6, 6.07) is 0. The second kappa shape index (κ2) is 6.68. The lowest BCUT2D eigenvalue weighted by atomic mass is 9.89. The lowest BCUT2D eigenvalue weighted by Crippen LogP contribution is -2.30. The summed E-state index contributed by atoms with van der Waals surface area (Å²) >= 11 is 1.90. The van der Waals surface area contributed by atoms with Gasteiger partial charge in [0, 0.05) is 12.3 Å². The molecule has 3 heteroatoms. The van der Waals surface area contributed by atoms with Crippen molar-refractivity contribution in [1.82, 2.24) is 4.90 Å². The first-order valence-corrected chi connectivity index (χ1v) is 6.29. The molecule has 13 heavy (non-hydrogen) atoms. The molecular formula is C10H24N2S. The van der Waals surface area contributed by atoms with E-state index < -0.39 is 0 Å². The monoisotopic (exact) mass is 204 g/mol. The van der Waals surface area contributed by atoms with Gasteiger partial charge in [-0.2, -0.15) is 11.8 Å². The van der Waals surface area contributed by atoms with Crippen LogP contribution >= 0.6 is 11.8 Å². The van der Waals surface area contributed by atoms with E-state index in [0.717, 1.165) is 13.1 Å². The van der Waals surface area contributed by atoms with Crippen molar-refractivity contribution in [3.05, 3.63) is 0 Å². The first-order chi connectivity index (χ1) is 6.02. The number of hydrogen-bond donors (Lipinski definition) is 1. The predicted octanol–water partition coefficient (Wildman–Crippen LogP) is 1.66. The van der Waals surface area contributed by atoms with Crippen LogP contribution in [0.1, 0.15) is 20.3 Å². The van der Waals surface area contributed by atoms with Gasteiger partial charge in [-0.25, -0.2) is 0 Å². The predicted molar refractivity (Wildman–Crippen MR) is 63.3 cm³/mol. The van der Waals surface area contributed by atoms with Gasteiger partial charge in [-0.1, -0.05) is 13.8 Å². The van der Waals surface area contributed by atoms with Crippen LogP contribution < -0.4 is 5.73 Å². The van der Waals surface area contributed by atoms with Gasteiger partial charge < -0.3 is 10.6 Å². The average Bonchev–Trinajstić information content (AvgIpc) is 2.11. The maximum atomic E-state index is 5.67. The van der Waals surface area contributed by atoms with Gasteiger partial charge >= 0.3 is 0 Å². The third-order valence-corrected chi connectivity index (χ3v) is 2.99. The van der Waals surface area contributed by atoms with Crippen molar-refractivity contribution in [3.8, 4) is 0 Å². The summed E-state index contributed by atoms with van der Waals surface area (Å²) in [6.45, 7) is 7.58. The standard InChI is InChI=1S/C10H24N2S/c1-10(2,9-11)5-6-12(3)7-8-13-4/h5-9,11H2,1-4H3. The minimum atomic E-state index is 0.299. The van der Waals surface area contributed by atoms with Gasteiger partial charge in [0.25, 0.3) is 0 Å². The van der Waals surface area contributed by atoms with Crippen molar-refractivity contribution in [1.29, 1.82) is 0 Å². The molecule has 0 unspecified atom stereocenters. The van der Waals surface area contributed by atoms with Gasteiger partial charge in [-0.05, 0) is 38.2 Å². The third kappa shape index (κ3) is 7.35. The molecule has 0 heterocycles. The van der Waals surface area contributed by atoms with E-state index in [9.17, 15) is 0 Å². The number of nitrogens with zero attached hydrogens (tertiary/aromatic N) is 1. The van der Waals surface area contributed by atoms with E-state index in [1.54, 1.807) is 0 Å². The fraction of sp³-hybridized carbons (Fsp3) is 1.00. The smallest absolute Gasteiger partial charge is 0.00692 e. The molecule has 80 valence electrons. The Morgan fingerprint density at radius 1 is 1.31 bits per heavy atom. The lowest BCUT2D eigenvalue weighted by molar-refractivity contribution is 0.263. The van der Waals surface area contributed by atoms with Crippen LogP contribution in [0.5, 0.6) is 0 Å². The van der Waals surface area contributed by atoms with Crippen LogP contribution in [0.15, 0.2) is 0 Å². The Balaban J connectivity index is 3.51. The van der Waals surface area contributed by atoms with Crippen LogP contribution in [0.3, 0.4) is 0 Å². The summed E-state index contributed by atoms with van der Waals surface area (Å²) in [5, 5.41) is 0. The molecule has 0 aromatic rings. The van der Waals surface area contributed by atoms with Gasteiger partial charge in [-0.3, -0.25) is 0 Å². The molecule has 0 fully saturated rings. The largest absolute Gasteiger partial charge is 0.330 e. The molecule has 0 spiro atoms. The number of hydrogen-bond acceptors (Lipinski definition) is 3. The van der Waals surface area contributed by atoms with Gasteiger partial charge in [0.1, 0.15) is 0 Å². The summed E-state index contributed by atoms with van der Waals surface area (Å²) < 4.78 is 0. The topological polar surface area (TPSA) is 29.3 Å². The summed E-state index contributed by atoms with van der Waals surface area (Å²) in [6.07, 6.45) is 3.34. The quantitative estimate of drug-likeness (QED) is 0.684. The minimum Gasteiger partial charge on any atom is -0.330 e. The van der Waals surface area contributed by atoms with Gasteiger partial charge in [0.05, 0.1) is 0 Å². The summed E-state index contributed by atoms with van der Waals surface area (Å²) in [4.78, 5) is 2.38. The SMILES string of the molecule is CSCCN(C)CCC(C)(C)CN. The highest BCUT2D eigenvalue weighted by Crippen LogP contribution is 2.17. The highest BCUT2D eigenvalue weighted by Gasteiger charge is 2.15. The van der Waals surface area contributed by atoms with Crippen LogP contribution in [0.2, 0.25) is 0 Å². The van der Waals surface area contributed by atoms with Crippen LogP contribution in [-0.4, -0.2) is 43.6 Å². The second-order valence-corrected chi connectivity index (χ2v) is 5.40. The molecule has 0 saturated carbocycles. The Kier molecular flexibility index (Phi) is 6.82. The van der Waals surface area contributed by atoms with E-state index in [4.69, 9.17) is 5.73 Å². The summed E-state index contributed by atoms with van der Waals surface area (Å²) in [5.74, 6) is 1.22. The molecule has 0 aliphatic carbocycles. The normalized spacial score (nSPS) is 12.5. The van der Waals surface area contributed by atoms with E-state index in [1.807, 2.05) is 11.8 Å². The van der Waals surface area contributed by atoms with Crippen molar-refractivity contribution in [3.63, 3.8) is 0 Å². The molecule has 0 saturated heterocycles. The molecule has 0 aromatic carbocycles. The van der Waals surface area contributed by atoms with Crippen molar-refractivity contribution in [2.24, 2.45) is 11.1 Å². The van der Waals surface area contributed by atoms with Crippen LogP contribution in [0, 0.1) is 5.41 Å². The van der Waals surface area contributed by atoms with E-state index >= 15 is 0 Å². The lowest BCUT2D eigenvalue weighted by Gasteiger charge is -2.25. The van der Waals surface area contributed by atoms with Crippen molar-refractivity contribution < 1.29 is 0 Å². The first kappa shape index (κ1) is 13.3. The van der Waals surface area contributed by atoms with Crippen molar-refractivity contribution in [2.75, 3.05) is 38.7 Å². The Morgan fingerprint density at radius 3 is 2.38 bits per heavy atom. The average molecular weight is 204 g/mol. The zero-order valence-electron chi connectivity index (χ0n) is 9.47. The molecule has 0 bridgehead atoms. The minimum absolute atomic E-state index is 0.299. The molecule has 2 nitrogen and oxygen atoms in total. The Bertz CT molecular complexity index is 126. The molecule has 2 N–H and O–H groups in total.